The lowest BCUT2D eigenvalue weighted by Gasteiger charge is -2.32. The number of hydrogen-bond donors (Lipinski definition) is 2. The summed E-state index contributed by atoms with van der Waals surface area (Å²) in [5.41, 5.74) is 0. The highest BCUT2D eigenvalue weighted by atomic mass is 16.4. The van der Waals surface area contributed by atoms with Crippen LogP contribution in [-0.2, 0) is 4.79 Å². The lowest BCUT2D eigenvalue weighted by Crippen LogP contribution is -2.46. The van der Waals surface area contributed by atoms with Crippen LogP contribution in [0.2, 0.25) is 0 Å². The number of aliphatic hydroxyl groups is 1. The number of hydrogen-bond acceptors (Lipinski definition) is 2. The SMILES string of the molecule is CCCCCCCCCCCCC(O)C[N+](C)(C)CCCCC(=O)O. The van der Waals surface area contributed by atoms with Gasteiger partial charge in [-0.2, -0.15) is 0 Å². The number of aliphatic hydroxyl groups excluding tert-OH is 1. The molecule has 0 heterocycles. The Hall–Kier alpha value is -0.610. The van der Waals surface area contributed by atoms with Crippen molar-refractivity contribution in [3.8, 4) is 0 Å². The standard InChI is InChI=1S/C21H43NO3/c1-4-5-6-7-8-9-10-11-12-13-16-20(23)19-22(2,3)18-15-14-17-21(24)25/h20,23H,4-19H2,1-3H3/p+1. The summed E-state index contributed by atoms with van der Waals surface area (Å²) in [7, 11) is 4.26. The second-order valence-electron chi connectivity index (χ2n) is 8.32. The molecule has 0 aliphatic rings. The first kappa shape index (κ1) is 24.4. The molecule has 0 saturated carbocycles. The van der Waals surface area contributed by atoms with Gasteiger partial charge < -0.3 is 14.7 Å². The van der Waals surface area contributed by atoms with Crippen molar-refractivity contribution in [1.29, 1.82) is 0 Å². The summed E-state index contributed by atoms with van der Waals surface area (Å²) in [6, 6.07) is 0. The van der Waals surface area contributed by atoms with E-state index in [1.54, 1.807) is 0 Å². The Morgan fingerprint density at radius 2 is 1.36 bits per heavy atom. The van der Waals surface area contributed by atoms with E-state index in [-0.39, 0.29) is 12.5 Å². The van der Waals surface area contributed by atoms with Gasteiger partial charge in [-0.25, -0.2) is 0 Å². The maximum Gasteiger partial charge on any atom is 0.303 e. The summed E-state index contributed by atoms with van der Waals surface area (Å²) in [5, 5.41) is 18.9. The van der Waals surface area contributed by atoms with Crippen LogP contribution in [-0.4, -0.2) is 54.0 Å². The van der Waals surface area contributed by atoms with Gasteiger partial charge in [-0.05, 0) is 19.3 Å². The normalized spacial score (nSPS) is 13.1. The summed E-state index contributed by atoms with van der Waals surface area (Å²) in [4.78, 5) is 10.5. The van der Waals surface area contributed by atoms with E-state index in [1.165, 1.54) is 57.8 Å². The van der Waals surface area contributed by atoms with Crippen LogP contribution in [0.15, 0.2) is 0 Å². The maximum atomic E-state index is 10.5. The zero-order valence-electron chi connectivity index (χ0n) is 17.1. The van der Waals surface area contributed by atoms with E-state index < -0.39 is 5.97 Å². The van der Waals surface area contributed by atoms with Crippen molar-refractivity contribution in [2.75, 3.05) is 27.2 Å². The highest BCUT2D eigenvalue weighted by Gasteiger charge is 2.19. The minimum absolute atomic E-state index is 0.233. The van der Waals surface area contributed by atoms with E-state index >= 15 is 0 Å². The first-order valence-corrected chi connectivity index (χ1v) is 10.6. The number of carboxylic acids is 1. The zero-order valence-corrected chi connectivity index (χ0v) is 17.1. The minimum atomic E-state index is -0.716. The Kier molecular flexibility index (Phi) is 15.2. The molecule has 0 aliphatic carbocycles. The largest absolute Gasteiger partial charge is 0.481 e. The molecular formula is C21H44NO3+. The molecule has 4 heteroatoms. The van der Waals surface area contributed by atoms with Crippen molar-refractivity contribution in [2.24, 2.45) is 0 Å². The average Bonchev–Trinajstić information content (AvgIpc) is 2.53. The van der Waals surface area contributed by atoms with Crippen molar-refractivity contribution in [2.45, 2.75) is 103 Å². The molecule has 25 heavy (non-hydrogen) atoms. The molecular weight excluding hydrogens is 314 g/mol. The molecule has 0 aromatic rings. The molecule has 150 valence electrons. The van der Waals surface area contributed by atoms with E-state index in [9.17, 15) is 9.90 Å². The molecule has 0 spiro atoms. The predicted molar refractivity (Wildman–Crippen MR) is 106 cm³/mol. The second kappa shape index (κ2) is 15.6. The molecule has 1 atom stereocenters. The fraction of sp³-hybridized carbons (Fsp3) is 0.952. The number of carboxylic acid groups (broad SMARTS) is 1. The summed E-state index contributed by atoms with van der Waals surface area (Å²) in [6.45, 7) is 3.96. The predicted octanol–water partition coefficient (Wildman–Crippen LogP) is 4.99. The average molecular weight is 359 g/mol. The van der Waals surface area contributed by atoms with Gasteiger partial charge in [-0.15, -0.1) is 0 Å². The third-order valence-corrected chi connectivity index (χ3v) is 5.00. The monoisotopic (exact) mass is 358 g/mol. The molecule has 0 aromatic carbocycles. The van der Waals surface area contributed by atoms with Crippen LogP contribution in [0, 0.1) is 0 Å². The molecule has 0 aromatic heterocycles. The minimum Gasteiger partial charge on any atom is -0.481 e. The molecule has 0 radical (unpaired) electrons. The Bertz CT molecular complexity index is 318. The second-order valence-corrected chi connectivity index (χ2v) is 8.32. The number of rotatable bonds is 18. The molecule has 2 N–H and O–H groups in total. The Morgan fingerprint density at radius 3 is 1.88 bits per heavy atom. The highest BCUT2D eigenvalue weighted by molar-refractivity contribution is 5.66. The number of carbonyl (C=O) groups is 1. The van der Waals surface area contributed by atoms with Gasteiger partial charge in [0, 0.05) is 6.42 Å². The van der Waals surface area contributed by atoms with Gasteiger partial charge in [0.2, 0.25) is 0 Å². The number of likely N-dealkylation sites (N-methyl/N-ethyl adjacent to an activating group) is 1. The van der Waals surface area contributed by atoms with E-state index in [0.717, 1.165) is 43.3 Å². The summed E-state index contributed by atoms with van der Waals surface area (Å²) in [5.74, 6) is -0.716. The van der Waals surface area contributed by atoms with Gasteiger partial charge >= 0.3 is 5.97 Å². The molecule has 0 rings (SSSR count). The Labute approximate surface area is 156 Å². The van der Waals surface area contributed by atoms with Crippen molar-refractivity contribution >= 4 is 5.97 Å². The Morgan fingerprint density at radius 1 is 0.840 bits per heavy atom. The van der Waals surface area contributed by atoms with E-state index in [0.29, 0.717) is 0 Å². The van der Waals surface area contributed by atoms with Crippen LogP contribution in [0.5, 0.6) is 0 Å². The molecule has 0 saturated heterocycles. The van der Waals surface area contributed by atoms with Crippen molar-refractivity contribution in [1.82, 2.24) is 0 Å². The van der Waals surface area contributed by atoms with Gasteiger partial charge in [0.05, 0.1) is 20.6 Å². The molecule has 0 bridgehead atoms. The van der Waals surface area contributed by atoms with Gasteiger partial charge in [-0.1, -0.05) is 71.1 Å². The fourth-order valence-electron chi connectivity index (χ4n) is 3.44. The molecule has 0 fully saturated rings. The number of unbranched alkanes of at least 4 members (excludes halogenated alkanes) is 10. The number of quaternary nitrogens is 1. The quantitative estimate of drug-likeness (QED) is 0.268. The van der Waals surface area contributed by atoms with Gasteiger partial charge in [0.25, 0.3) is 0 Å². The zero-order chi connectivity index (χ0) is 19.0. The lowest BCUT2D eigenvalue weighted by molar-refractivity contribution is -0.893. The van der Waals surface area contributed by atoms with Gasteiger partial charge in [0.1, 0.15) is 12.6 Å². The summed E-state index contributed by atoms with van der Waals surface area (Å²) in [6.07, 6.45) is 15.8. The third-order valence-electron chi connectivity index (χ3n) is 5.00. The van der Waals surface area contributed by atoms with Crippen molar-refractivity contribution in [3.63, 3.8) is 0 Å². The number of nitrogens with zero attached hydrogens (tertiary/aromatic N) is 1. The summed E-state index contributed by atoms with van der Waals surface area (Å²) >= 11 is 0. The van der Waals surface area contributed by atoms with Crippen LogP contribution in [0.4, 0.5) is 0 Å². The van der Waals surface area contributed by atoms with Gasteiger partial charge in [-0.3, -0.25) is 4.79 Å². The highest BCUT2D eigenvalue weighted by Crippen LogP contribution is 2.13. The molecule has 1 unspecified atom stereocenters. The first-order valence-electron chi connectivity index (χ1n) is 10.6. The van der Waals surface area contributed by atoms with Crippen LogP contribution in [0.1, 0.15) is 96.8 Å². The third kappa shape index (κ3) is 18.0. The van der Waals surface area contributed by atoms with Crippen LogP contribution in [0.25, 0.3) is 0 Å². The summed E-state index contributed by atoms with van der Waals surface area (Å²) < 4.78 is 0.776. The topological polar surface area (TPSA) is 57.5 Å². The van der Waals surface area contributed by atoms with E-state index in [1.807, 2.05) is 0 Å². The van der Waals surface area contributed by atoms with E-state index in [4.69, 9.17) is 5.11 Å². The van der Waals surface area contributed by atoms with Crippen LogP contribution in [0.3, 0.4) is 0 Å². The van der Waals surface area contributed by atoms with E-state index in [2.05, 4.69) is 21.0 Å². The maximum absolute atomic E-state index is 10.5. The molecule has 0 amide bonds. The van der Waals surface area contributed by atoms with Crippen LogP contribution < -0.4 is 0 Å². The molecule has 0 aliphatic heterocycles. The Balaban J connectivity index is 3.52. The van der Waals surface area contributed by atoms with Crippen LogP contribution >= 0.6 is 0 Å². The van der Waals surface area contributed by atoms with Crippen molar-refractivity contribution < 1.29 is 19.5 Å². The molecule has 4 nitrogen and oxygen atoms in total. The smallest absolute Gasteiger partial charge is 0.303 e. The first-order chi connectivity index (χ1) is 11.9. The van der Waals surface area contributed by atoms with Gasteiger partial charge in [0.15, 0.2) is 0 Å². The fourth-order valence-corrected chi connectivity index (χ4v) is 3.44. The number of aliphatic carboxylic acids is 1. The van der Waals surface area contributed by atoms with Crippen molar-refractivity contribution in [3.05, 3.63) is 0 Å². The lowest BCUT2D eigenvalue weighted by atomic mass is 10.0.